The summed E-state index contributed by atoms with van der Waals surface area (Å²) in [5.74, 6) is -3.46. The van der Waals surface area contributed by atoms with Crippen LogP contribution >= 0.6 is 11.8 Å². The molecule has 4 nitrogen and oxygen atoms in total. The summed E-state index contributed by atoms with van der Waals surface area (Å²) in [4.78, 5) is 8.36. The van der Waals surface area contributed by atoms with E-state index in [1.165, 1.54) is 18.3 Å². The molecule has 3 aromatic rings. The van der Waals surface area contributed by atoms with Crippen LogP contribution < -0.4 is 15.4 Å². The molecule has 186 valence electrons. The van der Waals surface area contributed by atoms with E-state index in [2.05, 4.69) is 14.7 Å². The second kappa shape index (κ2) is 10.9. The van der Waals surface area contributed by atoms with Crippen LogP contribution in [0.3, 0.4) is 0 Å². The fourth-order valence-electron chi connectivity index (χ4n) is 3.33. The van der Waals surface area contributed by atoms with Gasteiger partial charge in [0.05, 0.1) is 22.2 Å². The van der Waals surface area contributed by atoms with Crippen molar-refractivity contribution >= 4 is 17.5 Å². The van der Waals surface area contributed by atoms with Gasteiger partial charge in [-0.1, -0.05) is 13.0 Å². The van der Waals surface area contributed by atoms with Gasteiger partial charge in [0, 0.05) is 15.6 Å². The van der Waals surface area contributed by atoms with E-state index in [4.69, 9.17) is 5.73 Å². The van der Waals surface area contributed by atoms with Gasteiger partial charge in [0.15, 0.2) is 5.82 Å². The van der Waals surface area contributed by atoms with Crippen LogP contribution in [0.5, 0.6) is 11.5 Å². The van der Waals surface area contributed by atoms with Gasteiger partial charge in [0.25, 0.3) is 0 Å². The van der Waals surface area contributed by atoms with E-state index < -0.39 is 40.3 Å². The van der Waals surface area contributed by atoms with Crippen molar-refractivity contribution in [1.82, 2.24) is 4.98 Å². The van der Waals surface area contributed by atoms with Crippen molar-refractivity contribution in [3.63, 3.8) is 0 Å². The van der Waals surface area contributed by atoms with Gasteiger partial charge in [-0.05, 0) is 66.9 Å². The van der Waals surface area contributed by atoms with Crippen molar-refractivity contribution in [3.8, 4) is 11.5 Å². The molecule has 0 radical (unpaired) electrons. The number of hydrogen-bond donors (Lipinski definition) is 1. The zero-order valence-corrected chi connectivity index (χ0v) is 19.3. The third-order valence-corrected chi connectivity index (χ3v) is 6.17. The number of allylic oxidation sites excluding steroid dienone is 1. The van der Waals surface area contributed by atoms with Crippen LogP contribution in [0.25, 0.3) is 5.70 Å². The quantitative estimate of drug-likeness (QED) is 0.250. The topological polar surface area (TPSA) is 57.4 Å². The lowest BCUT2D eigenvalue weighted by atomic mass is 9.99. The summed E-state index contributed by atoms with van der Waals surface area (Å²) in [5, 5.41) is -1.08. The van der Waals surface area contributed by atoms with Gasteiger partial charge in [-0.2, -0.15) is 0 Å². The average Bonchev–Trinajstić information content (AvgIpc) is 2.79. The number of alkyl halides is 3. The maximum absolute atomic E-state index is 14.9. The van der Waals surface area contributed by atoms with Crippen LogP contribution in [0.15, 0.2) is 59.6 Å². The van der Waals surface area contributed by atoms with E-state index in [0.29, 0.717) is 33.8 Å². The number of aromatic nitrogens is 1. The number of hydrogen-bond acceptors (Lipinski definition) is 5. The minimum atomic E-state index is -4.87. The molecule has 1 aromatic heterocycles. The van der Waals surface area contributed by atoms with E-state index >= 15 is 0 Å². The molecule has 1 heterocycles. The molecule has 11 heteroatoms. The maximum atomic E-state index is 14.9. The summed E-state index contributed by atoms with van der Waals surface area (Å²) in [6.07, 6.45) is -1.02. The number of ether oxygens (including phenoxy) is 1. The predicted octanol–water partition coefficient (Wildman–Crippen LogP) is 7.42. The molecule has 1 unspecified atom stereocenters. The van der Waals surface area contributed by atoms with Crippen LogP contribution in [0.4, 0.5) is 26.5 Å². The first-order valence-electron chi connectivity index (χ1n) is 10.3. The van der Waals surface area contributed by atoms with Gasteiger partial charge in [-0.15, -0.1) is 24.9 Å². The number of nitrogens with zero attached hydrogens (tertiary/aromatic N) is 1. The number of halogens is 6. The standard InChI is InChI=1S/C24H20F6N2O2S/c1-3-4-19(31)20-11-13(2)16(12-32-20)23(21-17(25)9-10-18(26)22(21)34-30)35-15-7-5-14(6-8-15)33-24(27,28)29/h4-12,23H,3,31H2,1-2H3/b19-4+. The first-order valence-corrected chi connectivity index (χ1v) is 11.1. The lowest BCUT2D eigenvalue weighted by Gasteiger charge is -2.22. The minimum absolute atomic E-state index is 0.367. The summed E-state index contributed by atoms with van der Waals surface area (Å²) in [7, 11) is 0. The molecular weight excluding hydrogens is 494 g/mol. The summed E-state index contributed by atoms with van der Waals surface area (Å²) < 4.78 is 83.8. The van der Waals surface area contributed by atoms with Gasteiger partial charge in [0.2, 0.25) is 5.75 Å². The van der Waals surface area contributed by atoms with Crippen molar-refractivity contribution in [1.29, 1.82) is 0 Å². The van der Waals surface area contributed by atoms with E-state index in [1.807, 2.05) is 6.92 Å². The highest BCUT2D eigenvalue weighted by Crippen LogP contribution is 2.47. The van der Waals surface area contributed by atoms with Gasteiger partial charge >= 0.3 is 6.36 Å². The normalized spacial score (nSPS) is 13.0. The lowest BCUT2D eigenvalue weighted by molar-refractivity contribution is -0.274. The SMILES string of the molecule is CC/C=C(/N)c1cc(C)c(C(Sc2ccc(OC(F)(F)F)cc2)c2c(F)ccc(F)c2OF)cn1. The Kier molecular flexibility index (Phi) is 8.21. The largest absolute Gasteiger partial charge is 0.573 e. The molecule has 0 amide bonds. The first-order chi connectivity index (χ1) is 16.5. The zero-order chi connectivity index (χ0) is 25.8. The number of pyridine rings is 1. The molecule has 1 atom stereocenters. The Morgan fingerprint density at radius 1 is 1.11 bits per heavy atom. The minimum Gasteiger partial charge on any atom is -0.406 e. The second-order valence-electron chi connectivity index (χ2n) is 7.36. The molecule has 0 saturated carbocycles. The van der Waals surface area contributed by atoms with Gasteiger partial charge in [0.1, 0.15) is 11.6 Å². The second-order valence-corrected chi connectivity index (χ2v) is 8.54. The Morgan fingerprint density at radius 3 is 2.34 bits per heavy atom. The molecule has 0 aliphatic heterocycles. The van der Waals surface area contributed by atoms with E-state index in [0.717, 1.165) is 36.0 Å². The molecule has 0 saturated heterocycles. The molecule has 0 fully saturated rings. The highest BCUT2D eigenvalue weighted by atomic mass is 32.2. The molecule has 35 heavy (non-hydrogen) atoms. The fraction of sp³-hybridized carbons (Fsp3) is 0.208. The molecule has 0 aliphatic rings. The van der Waals surface area contributed by atoms with Crippen molar-refractivity contribution in [3.05, 3.63) is 88.8 Å². The van der Waals surface area contributed by atoms with Crippen molar-refractivity contribution in [2.45, 2.75) is 36.8 Å². The smallest absolute Gasteiger partial charge is 0.406 e. The van der Waals surface area contributed by atoms with Crippen molar-refractivity contribution in [2.24, 2.45) is 5.73 Å². The van der Waals surface area contributed by atoms with E-state index in [-0.39, 0.29) is 0 Å². The highest BCUT2D eigenvalue weighted by molar-refractivity contribution is 7.99. The number of benzene rings is 2. The summed E-state index contributed by atoms with van der Waals surface area (Å²) >= 11 is 0.937. The Morgan fingerprint density at radius 2 is 1.77 bits per heavy atom. The lowest BCUT2D eigenvalue weighted by Crippen LogP contribution is -2.16. The van der Waals surface area contributed by atoms with Gasteiger partial charge in [-0.3, -0.25) is 9.93 Å². The van der Waals surface area contributed by atoms with Gasteiger partial charge in [-0.25, -0.2) is 8.78 Å². The molecular formula is C24H20F6N2O2S. The summed E-state index contributed by atoms with van der Waals surface area (Å²) in [6, 6.07) is 7.98. The molecule has 3 rings (SSSR count). The third kappa shape index (κ3) is 6.41. The number of thioether (sulfide) groups is 1. The van der Waals surface area contributed by atoms with Crippen molar-refractivity contribution in [2.75, 3.05) is 0 Å². The van der Waals surface area contributed by atoms with E-state index in [9.17, 15) is 26.5 Å². The fourth-order valence-corrected chi connectivity index (χ4v) is 4.61. The van der Waals surface area contributed by atoms with Crippen LogP contribution in [-0.2, 0) is 0 Å². The number of nitrogens with two attached hydrogens (primary N) is 1. The zero-order valence-electron chi connectivity index (χ0n) is 18.5. The molecule has 2 aromatic carbocycles. The van der Waals surface area contributed by atoms with Gasteiger partial charge < -0.3 is 10.5 Å². The van der Waals surface area contributed by atoms with Crippen LogP contribution in [0.1, 0.15) is 41.0 Å². The number of aryl methyl sites for hydroxylation is 1. The Bertz CT molecular complexity index is 1220. The monoisotopic (exact) mass is 514 g/mol. The number of rotatable bonds is 8. The summed E-state index contributed by atoms with van der Waals surface area (Å²) in [6.45, 7) is 3.59. The van der Waals surface area contributed by atoms with Crippen LogP contribution in [0.2, 0.25) is 0 Å². The van der Waals surface area contributed by atoms with Crippen molar-refractivity contribution < 1.29 is 36.2 Å². The Labute approximate surface area is 201 Å². The van der Waals surface area contributed by atoms with Crippen LogP contribution in [0, 0.1) is 18.6 Å². The predicted molar refractivity (Wildman–Crippen MR) is 120 cm³/mol. The average molecular weight is 514 g/mol. The molecule has 0 bridgehead atoms. The molecule has 0 spiro atoms. The maximum Gasteiger partial charge on any atom is 0.573 e. The summed E-state index contributed by atoms with van der Waals surface area (Å²) in [5.41, 5.74) is 7.45. The molecule has 2 N–H and O–H groups in total. The van der Waals surface area contributed by atoms with E-state index in [1.54, 1.807) is 19.1 Å². The molecule has 0 aliphatic carbocycles. The van der Waals surface area contributed by atoms with Crippen LogP contribution in [-0.4, -0.2) is 11.3 Å². The first kappa shape index (κ1) is 26.3. The Hall–Kier alpha value is -3.34. The highest BCUT2D eigenvalue weighted by Gasteiger charge is 2.32. The Balaban J connectivity index is 2.10. The third-order valence-electron chi connectivity index (χ3n) is 4.90.